The van der Waals surface area contributed by atoms with Crippen LogP contribution in [0.15, 0.2) is 17.8 Å². The van der Waals surface area contributed by atoms with Crippen LogP contribution in [0.25, 0.3) is 0 Å². The van der Waals surface area contributed by atoms with E-state index in [4.69, 9.17) is 5.73 Å². The second-order valence-electron chi connectivity index (χ2n) is 3.85. The van der Waals surface area contributed by atoms with Crippen LogP contribution in [-0.2, 0) is 6.54 Å². The molecule has 6 nitrogen and oxygen atoms in total. The summed E-state index contributed by atoms with van der Waals surface area (Å²) in [4.78, 5) is 25.7. The van der Waals surface area contributed by atoms with Crippen LogP contribution in [0.1, 0.15) is 21.2 Å². The molecule has 94 valence electrons. The van der Waals surface area contributed by atoms with E-state index < -0.39 is 0 Å². The highest BCUT2D eigenvalue weighted by atomic mass is 32.1. The van der Waals surface area contributed by atoms with Gasteiger partial charge in [-0.2, -0.15) is 0 Å². The molecule has 2 aromatic heterocycles. The maximum absolute atomic E-state index is 12.1. The molecule has 0 unspecified atom stereocenters. The van der Waals surface area contributed by atoms with Crippen molar-refractivity contribution in [1.29, 1.82) is 0 Å². The number of carbonyl (C=O) groups excluding carboxylic acids is 1. The molecule has 0 saturated carbocycles. The molecule has 0 spiro atoms. The third kappa shape index (κ3) is 2.80. The number of anilines is 1. The van der Waals surface area contributed by atoms with E-state index in [1.54, 1.807) is 18.4 Å². The number of thiazole rings is 1. The van der Waals surface area contributed by atoms with Crippen molar-refractivity contribution in [3.63, 3.8) is 0 Å². The third-order valence-corrected chi connectivity index (χ3v) is 3.11. The maximum Gasteiger partial charge on any atom is 0.274 e. The summed E-state index contributed by atoms with van der Waals surface area (Å²) in [6.07, 6.45) is 2.81. The van der Waals surface area contributed by atoms with Crippen LogP contribution >= 0.6 is 11.3 Å². The van der Waals surface area contributed by atoms with Gasteiger partial charge in [-0.25, -0.2) is 9.97 Å². The molecule has 0 bridgehead atoms. The van der Waals surface area contributed by atoms with Gasteiger partial charge in [0, 0.05) is 12.4 Å². The van der Waals surface area contributed by atoms with E-state index in [0.29, 0.717) is 6.54 Å². The number of hydrogen-bond acceptors (Lipinski definition) is 6. The number of carbonyl (C=O) groups is 1. The van der Waals surface area contributed by atoms with Gasteiger partial charge < -0.3 is 10.6 Å². The number of nitrogen functional groups attached to an aromatic ring is 1. The van der Waals surface area contributed by atoms with Crippen LogP contribution in [-0.4, -0.2) is 32.8 Å². The van der Waals surface area contributed by atoms with Crippen molar-refractivity contribution in [3.8, 4) is 0 Å². The molecule has 0 fully saturated rings. The average Bonchev–Trinajstić information content (AvgIpc) is 2.73. The fourth-order valence-corrected chi connectivity index (χ4v) is 2.08. The minimum absolute atomic E-state index is 0.222. The molecule has 0 atom stereocenters. The lowest BCUT2D eigenvalue weighted by atomic mass is 10.3. The molecule has 2 N–H and O–H groups in total. The zero-order valence-corrected chi connectivity index (χ0v) is 10.9. The van der Waals surface area contributed by atoms with E-state index in [-0.39, 0.29) is 17.4 Å². The fraction of sp³-hybridized carbons (Fsp3) is 0.273. The summed E-state index contributed by atoms with van der Waals surface area (Å²) in [7, 11) is 1.70. The summed E-state index contributed by atoms with van der Waals surface area (Å²) in [5, 5.41) is 2.92. The van der Waals surface area contributed by atoms with E-state index in [9.17, 15) is 4.79 Å². The summed E-state index contributed by atoms with van der Waals surface area (Å²) in [6, 6.07) is 0. The molecule has 0 radical (unpaired) electrons. The topological polar surface area (TPSA) is 85.0 Å². The molecular weight excluding hydrogens is 250 g/mol. The molecule has 2 heterocycles. The van der Waals surface area contributed by atoms with Crippen molar-refractivity contribution in [2.75, 3.05) is 12.8 Å². The largest absolute Gasteiger partial charge is 0.382 e. The Labute approximate surface area is 109 Å². The Morgan fingerprint density at radius 2 is 2.22 bits per heavy atom. The summed E-state index contributed by atoms with van der Waals surface area (Å²) in [5.41, 5.74) is 6.60. The number of amides is 1. The van der Waals surface area contributed by atoms with E-state index in [1.807, 2.05) is 12.3 Å². The Kier molecular flexibility index (Phi) is 3.52. The van der Waals surface area contributed by atoms with Crippen LogP contribution in [0, 0.1) is 6.92 Å². The summed E-state index contributed by atoms with van der Waals surface area (Å²) in [6.45, 7) is 2.37. The fourth-order valence-electron chi connectivity index (χ4n) is 1.48. The van der Waals surface area contributed by atoms with Crippen LogP contribution in [0.2, 0.25) is 0 Å². The Balaban J connectivity index is 2.09. The van der Waals surface area contributed by atoms with Gasteiger partial charge in [-0.3, -0.25) is 9.78 Å². The second kappa shape index (κ2) is 5.09. The standard InChI is InChI=1S/C11H13N5OS/c1-7-14-8(6-18-7)5-16(2)11(17)9-3-13-4-10(12)15-9/h3-4,6H,5H2,1-2H3,(H2,12,15). The highest BCUT2D eigenvalue weighted by molar-refractivity contribution is 7.09. The quantitative estimate of drug-likeness (QED) is 0.896. The summed E-state index contributed by atoms with van der Waals surface area (Å²) in [5.74, 6) is 0.0132. The van der Waals surface area contributed by atoms with Gasteiger partial charge in [0.1, 0.15) is 11.5 Å². The van der Waals surface area contributed by atoms with Gasteiger partial charge in [0.05, 0.1) is 29.6 Å². The Morgan fingerprint density at radius 1 is 1.44 bits per heavy atom. The Bertz CT molecular complexity index is 568. The zero-order chi connectivity index (χ0) is 13.1. The number of rotatable bonds is 3. The first kappa shape index (κ1) is 12.4. The molecule has 0 aliphatic rings. The summed E-state index contributed by atoms with van der Waals surface area (Å²) >= 11 is 1.56. The minimum Gasteiger partial charge on any atom is -0.382 e. The van der Waals surface area contributed by atoms with E-state index >= 15 is 0 Å². The normalized spacial score (nSPS) is 10.3. The molecular formula is C11H13N5OS. The molecule has 0 aromatic carbocycles. The lowest BCUT2D eigenvalue weighted by molar-refractivity contribution is 0.0777. The number of aryl methyl sites for hydroxylation is 1. The predicted molar refractivity (Wildman–Crippen MR) is 69.1 cm³/mol. The number of nitrogens with two attached hydrogens (primary N) is 1. The van der Waals surface area contributed by atoms with Crippen LogP contribution < -0.4 is 5.73 Å². The van der Waals surface area contributed by atoms with Gasteiger partial charge in [0.2, 0.25) is 0 Å². The molecule has 1 amide bonds. The molecule has 2 rings (SSSR count). The van der Waals surface area contributed by atoms with E-state index in [2.05, 4.69) is 15.0 Å². The Morgan fingerprint density at radius 3 is 2.83 bits per heavy atom. The predicted octanol–water partition coefficient (Wildman–Crippen LogP) is 1.10. The number of hydrogen-bond donors (Lipinski definition) is 1. The van der Waals surface area contributed by atoms with Crippen molar-refractivity contribution >= 4 is 23.1 Å². The van der Waals surface area contributed by atoms with Gasteiger partial charge in [-0.05, 0) is 6.92 Å². The van der Waals surface area contributed by atoms with Gasteiger partial charge >= 0.3 is 0 Å². The minimum atomic E-state index is -0.222. The third-order valence-electron chi connectivity index (χ3n) is 2.28. The second-order valence-corrected chi connectivity index (χ2v) is 4.91. The van der Waals surface area contributed by atoms with Crippen molar-refractivity contribution in [2.24, 2.45) is 0 Å². The van der Waals surface area contributed by atoms with Gasteiger partial charge in [-0.15, -0.1) is 11.3 Å². The highest BCUT2D eigenvalue weighted by Gasteiger charge is 2.15. The lowest BCUT2D eigenvalue weighted by Gasteiger charge is -2.15. The SMILES string of the molecule is Cc1nc(CN(C)C(=O)c2cncc(N)n2)cs1. The maximum atomic E-state index is 12.1. The van der Waals surface area contributed by atoms with Crippen molar-refractivity contribution < 1.29 is 4.79 Å². The van der Waals surface area contributed by atoms with E-state index in [0.717, 1.165) is 10.7 Å². The van der Waals surface area contributed by atoms with Crippen molar-refractivity contribution in [3.05, 3.63) is 34.2 Å². The number of aromatic nitrogens is 3. The molecule has 2 aromatic rings. The van der Waals surface area contributed by atoms with Crippen molar-refractivity contribution in [2.45, 2.75) is 13.5 Å². The molecule has 7 heteroatoms. The first-order valence-corrected chi connectivity index (χ1v) is 6.18. The lowest BCUT2D eigenvalue weighted by Crippen LogP contribution is -2.27. The monoisotopic (exact) mass is 263 g/mol. The van der Waals surface area contributed by atoms with Crippen molar-refractivity contribution in [1.82, 2.24) is 19.9 Å². The first-order valence-electron chi connectivity index (χ1n) is 5.30. The molecule has 0 saturated heterocycles. The summed E-state index contributed by atoms with van der Waals surface area (Å²) < 4.78 is 0. The zero-order valence-electron chi connectivity index (χ0n) is 10.1. The van der Waals surface area contributed by atoms with Gasteiger partial charge in [-0.1, -0.05) is 0 Å². The Hall–Kier alpha value is -2.02. The smallest absolute Gasteiger partial charge is 0.274 e. The highest BCUT2D eigenvalue weighted by Crippen LogP contribution is 2.11. The van der Waals surface area contributed by atoms with E-state index in [1.165, 1.54) is 17.3 Å². The first-order chi connectivity index (χ1) is 8.56. The molecule has 0 aliphatic heterocycles. The van der Waals surface area contributed by atoms with Gasteiger partial charge in [0.15, 0.2) is 0 Å². The number of nitrogens with zero attached hydrogens (tertiary/aromatic N) is 4. The average molecular weight is 263 g/mol. The van der Waals surface area contributed by atoms with Crippen LogP contribution in [0.5, 0.6) is 0 Å². The molecule has 18 heavy (non-hydrogen) atoms. The van der Waals surface area contributed by atoms with Crippen LogP contribution in [0.3, 0.4) is 0 Å². The van der Waals surface area contributed by atoms with Crippen LogP contribution in [0.4, 0.5) is 5.82 Å². The van der Waals surface area contributed by atoms with Gasteiger partial charge in [0.25, 0.3) is 5.91 Å². The molecule has 0 aliphatic carbocycles.